The number of carbonyl (C=O) groups is 2. The van der Waals surface area contributed by atoms with Crippen LogP contribution in [-0.2, 0) is 14.3 Å². The molecule has 1 amide bonds. The van der Waals surface area contributed by atoms with Crippen LogP contribution in [0.25, 0.3) is 0 Å². The average molecular weight is 215 g/mol. The fourth-order valence-electron chi connectivity index (χ4n) is 1.67. The summed E-state index contributed by atoms with van der Waals surface area (Å²) in [7, 11) is 0. The van der Waals surface area contributed by atoms with Gasteiger partial charge in [-0.25, -0.2) is 0 Å². The lowest BCUT2D eigenvalue weighted by Crippen LogP contribution is -2.55. The average Bonchev–Trinajstić information content (AvgIpc) is 2.13. The van der Waals surface area contributed by atoms with Gasteiger partial charge in [-0.15, -0.1) is 0 Å². The first-order valence-electron chi connectivity index (χ1n) is 5.03. The number of carbonyl (C=O) groups excluding carboxylic acids is 1. The molecule has 0 bridgehead atoms. The van der Waals surface area contributed by atoms with Crippen LogP contribution >= 0.6 is 0 Å². The van der Waals surface area contributed by atoms with Crippen molar-refractivity contribution in [1.82, 2.24) is 4.90 Å². The van der Waals surface area contributed by atoms with E-state index in [9.17, 15) is 9.59 Å². The van der Waals surface area contributed by atoms with Crippen molar-refractivity contribution in [3.05, 3.63) is 0 Å². The molecule has 1 aliphatic rings. The van der Waals surface area contributed by atoms with E-state index < -0.39 is 5.97 Å². The maximum Gasteiger partial charge on any atom is 0.303 e. The highest BCUT2D eigenvalue weighted by molar-refractivity contribution is 5.81. The summed E-state index contributed by atoms with van der Waals surface area (Å²) in [6.07, 6.45) is -0.0367. The lowest BCUT2D eigenvalue weighted by atomic mass is 10.0. The summed E-state index contributed by atoms with van der Waals surface area (Å²) in [4.78, 5) is 23.8. The second kappa shape index (κ2) is 4.61. The molecule has 0 aromatic heterocycles. The van der Waals surface area contributed by atoms with E-state index in [4.69, 9.17) is 9.84 Å². The summed E-state index contributed by atoms with van der Waals surface area (Å²) in [5.74, 6) is -1.04. The number of amides is 1. The Bertz CT molecular complexity index is 262. The van der Waals surface area contributed by atoms with Crippen molar-refractivity contribution in [2.24, 2.45) is 0 Å². The predicted molar refractivity (Wildman–Crippen MR) is 53.5 cm³/mol. The van der Waals surface area contributed by atoms with Crippen molar-refractivity contribution in [2.45, 2.75) is 32.2 Å². The fourth-order valence-corrected chi connectivity index (χ4v) is 1.67. The molecule has 1 saturated heterocycles. The highest BCUT2D eigenvalue weighted by Crippen LogP contribution is 2.20. The third-order valence-corrected chi connectivity index (χ3v) is 2.50. The van der Waals surface area contributed by atoms with Gasteiger partial charge in [-0.1, -0.05) is 0 Å². The number of hydrogen-bond donors (Lipinski definition) is 1. The van der Waals surface area contributed by atoms with Crippen molar-refractivity contribution in [3.8, 4) is 0 Å². The topological polar surface area (TPSA) is 66.8 Å². The Labute approximate surface area is 89.0 Å². The molecule has 15 heavy (non-hydrogen) atoms. The lowest BCUT2D eigenvalue weighted by Gasteiger charge is -2.42. The third kappa shape index (κ3) is 3.20. The largest absolute Gasteiger partial charge is 0.481 e. The van der Waals surface area contributed by atoms with Crippen LogP contribution in [0.4, 0.5) is 0 Å². The van der Waals surface area contributed by atoms with Crippen LogP contribution in [0.15, 0.2) is 0 Å². The first-order chi connectivity index (χ1) is 6.93. The molecule has 1 N–H and O–H groups in total. The maximum absolute atomic E-state index is 11.7. The van der Waals surface area contributed by atoms with Crippen LogP contribution in [0, 0.1) is 0 Å². The molecular weight excluding hydrogens is 198 g/mol. The summed E-state index contributed by atoms with van der Waals surface area (Å²) >= 11 is 0. The Morgan fingerprint density at radius 2 is 2.07 bits per heavy atom. The Kier molecular flexibility index (Phi) is 3.68. The molecule has 1 heterocycles. The van der Waals surface area contributed by atoms with Gasteiger partial charge in [-0.2, -0.15) is 0 Å². The molecule has 0 aromatic carbocycles. The number of ether oxygens (including phenoxy) is 1. The second-order valence-electron chi connectivity index (χ2n) is 4.30. The van der Waals surface area contributed by atoms with Crippen LogP contribution in [-0.4, -0.2) is 47.2 Å². The van der Waals surface area contributed by atoms with Crippen LogP contribution < -0.4 is 0 Å². The molecule has 0 unspecified atom stereocenters. The Morgan fingerprint density at radius 3 is 2.60 bits per heavy atom. The van der Waals surface area contributed by atoms with Gasteiger partial charge in [0.25, 0.3) is 0 Å². The minimum Gasteiger partial charge on any atom is -0.481 e. The third-order valence-electron chi connectivity index (χ3n) is 2.50. The van der Waals surface area contributed by atoms with Crippen LogP contribution in [0.5, 0.6) is 0 Å². The highest BCUT2D eigenvalue weighted by atomic mass is 16.5. The van der Waals surface area contributed by atoms with Crippen LogP contribution in [0.3, 0.4) is 0 Å². The van der Waals surface area contributed by atoms with Gasteiger partial charge >= 0.3 is 5.97 Å². The number of morpholine rings is 1. The highest BCUT2D eigenvalue weighted by Gasteiger charge is 2.33. The van der Waals surface area contributed by atoms with E-state index in [0.717, 1.165) is 0 Å². The van der Waals surface area contributed by atoms with Gasteiger partial charge in [0.05, 0.1) is 25.2 Å². The van der Waals surface area contributed by atoms with Gasteiger partial charge in [-0.05, 0) is 13.8 Å². The van der Waals surface area contributed by atoms with Crippen molar-refractivity contribution < 1.29 is 19.4 Å². The minimum atomic E-state index is -0.936. The molecule has 0 saturated carbocycles. The Morgan fingerprint density at radius 1 is 1.40 bits per heavy atom. The zero-order valence-corrected chi connectivity index (χ0v) is 9.15. The molecule has 1 aliphatic heterocycles. The van der Waals surface area contributed by atoms with E-state index in [1.807, 2.05) is 13.8 Å². The van der Waals surface area contributed by atoms with E-state index in [2.05, 4.69) is 0 Å². The standard InChI is InChI=1S/C10H17NO4/c1-10(2)7-15-6-5-11(10)8(12)3-4-9(13)14/h3-7H2,1-2H3,(H,13,14). The van der Waals surface area contributed by atoms with E-state index in [1.54, 1.807) is 4.90 Å². The molecule has 0 aromatic rings. The second-order valence-corrected chi connectivity index (χ2v) is 4.30. The summed E-state index contributed by atoms with van der Waals surface area (Å²) in [5.41, 5.74) is -0.326. The molecule has 5 heteroatoms. The molecule has 1 rings (SSSR count). The number of aliphatic carboxylic acids is 1. The van der Waals surface area contributed by atoms with E-state index in [0.29, 0.717) is 19.8 Å². The monoisotopic (exact) mass is 215 g/mol. The molecule has 1 fully saturated rings. The zero-order chi connectivity index (χ0) is 11.5. The van der Waals surface area contributed by atoms with Gasteiger partial charge < -0.3 is 14.7 Å². The SMILES string of the molecule is CC1(C)COCCN1C(=O)CCC(=O)O. The van der Waals surface area contributed by atoms with Crippen molar-refractivity contribution in [1.29, 1.82) is 0 Å². The molecule has 5 nitrogen and oxygen atoms in total. The molecular formula is C10H17NO4. The summed E-state index contributed by atoms with van der Waals surface area (Å²) in [6.45, 7) is 5.43. The lowest BCUT2D eigenvalue weighted by molar-refractivity contribution is -0.149. The predicted octanol–water partition coefficient (Wildman–Crippen LogP) is 0.489. The van der Waals surface area contributed by atoms with Crippen molar-refractivity contribution >= 4 is 11.9 Å². The minimum absolute atomic E-state index is 0.0682. The molecule has 86 valence electrons. The van der Waals surface area contributed by atoms with Gasteiger partial charge in [-0.3, -0.25) is 9.59 Å². The zero-order valence-electron chi connectivity index (χ0n) is 9.15. The Balaban J connectivity index is 2.53. The summed E-state index contributed by atoms with van der Waals surface area (Å²) in [6, 6.07) is 0. The van der Waals surface area contributed by atoms with Crippen LogP contribution in [0.2, 0.25) is 0 Å². The molecule has 0 atom stereocenters. The molecule has 0 aliphatic carbocycles. The summed E-state index contributed by atoms with van der Waals surface area (Å²) < 4.78 is 5.28. The number of hydrogen-bond acceptors (Lipinski definition) is 3. The number of carboxylic acids is 1. The quantitative estimate of drug-likeness (QED) is 0.744. The maximum atomic E-state index is 11.7. The number of carboxylic acid groups (broad SMARTS) is 1. The normalized spacial score (nSPS) is 20.0. The summed E-state index contributed by atoms with van der Waals surface area (Å²) in [5, 5.41) is 8.50. The van der Waals surface area contributed by atoms with Gasteiger partial charge in [0, 0.05) is 13.0 Å². The van der Waals surface area contributed by atoms with Gasteiger partial charge in [0.1, 0.15) is 0 Å². The van der Waals surface area contributed by atoms with Crippen molar-refractivity contribution in [2.75, 3.05) is 19.8 Å². The first kappa shape index (κ1) is 12.0. The van der Waals surface area contributed by atoms with E-state index in [1.165, 1.54) is 0 Å². The first-order valence-corrected chi connectivity index (χ1v) is 5.03. The molecule has 0 radical (unpaired) electrons. The molecule has 0 spiro atoms. The van der Waals surface area contributed by atoms with E-state index in [-0.39, 0.29) is 24.3 Å². The van der Waals surface area contributed by atoms with E-state index >= 15 is 0 Å². The van der Waals surface area contributed by atoms with Gasteiger partial charge in [0.2, 0.25) is 5.91 Å². The number of rotatable bonds is 3. The number of nitrogens with zero attached hydrogens (tertiary/aromatic N) is 1. The van der Waals surface area contributed by atoms with Gasteiger partial charge in [0.15, 0.2) is 0 Å². The Hall–Kier alpha value is -1.10. The smallest absolute Gasteiger partial charge is 0.303 e. The van der Waals surface area contributed by atoms with Crippen molar-refractivity contribution in [3.63, 3.8) is 0 Å². The van der Waals surface area contributed by atoms with Crippen LogP contribution in [0.1, 0.15) is 26.7 Å². The fraction of sp³-hybridized carbons (Fsp3) is 0.800.